The van der Waals surface area contributed by atoms with E-state index in [4.69, 9.17) is 16.3 Å². The molecular weight excluding hydrogens is 331 g/mol. The van der Waals surface area contributed by atoms with Gasteiger partial charge in [0.25, 0.3) is 0 Å². The van der Waals surface area contributed by atoms with Crippen molar-refractivity contribution in [2.45, 2.75) is 25.8 Å². The van der Waals surface area contributed by atoms with Crippen molar-refractivity contribution in [3.63, 3.8) is 0 Å². The Morgan fingerprint density at radius 1 is 1.29 bits per heavy atom. The minimum Gasteiger partial charge on any atom is -0.496 e. The second-order valence-corrected chi connectivity index (χ2v) is 5.41. The molecule has 0 bridgehead atoms. The quantitative estimate of drug-likeness (QED) is 0.866. The summed E-state index contributed by atoms with van der Waals surface area (Å²) in [6.07, 6.45) is 2.29. The Balaban J connectivity index is 0.00000200. The normalized spacial score (nSPS) is 16.5. The Morgan fingerprint density at radius 3 is 2.52 bits per heavy atom. The van der Waals surface area contributed by atoms with Crippen LogP contribution in [0.15, 0.2) is 18.2 Å². The lowest BCUT2D eigenvalue weighted by molar-refractivity contribution is 0.162. The first-order chi connectivity index (χ1) is 9.26. The van der Waals surface area contributed by atoms with Crippen molar-refractivity contribution in [2.24, 2.45) is 0 Å². The monoisotopic (exact) mass is 354 g/mol. The van der Waals surface area contributed by atoms with Gasteiger partial charge in [-0.15, -0.1) is 24.8 Å². The highest BCUT2D eigenvalue weighted by Crippen LogP contribution is 2.34. The molecule has 1 fully saturated rings. The fourth-order valence-electron chi connectivity index (χ4n) is 2.77. The van der Waals surface area contributed by atoms with E-state index < -0.39 is 0 Å². The number of nitrogens with zero attached hydrogens (tertiary/aromatic N) is 1. The Kier molecular flexibility index (Phi) is 10.4. The lowest BCUT2D eigenvalue weighted by atomic mass is 9.99. The molecule has 1 aliphatic rings. The van der Waals surface area contributed by atoms with E-state index >= 15 is 0 Å². The first kappa shape index (κ1) is 20.8. The van der Waals surface area contributed by atoms with Gasteiger partial charge in [0.05, 0.1) is 7.11 Å². The maximum absolute atomic E-state index is 6.17. The summed E-state index contributed by atoms with van der Waals surface area (Å²) in [7, 11) is 1.73. The first-order valence-corrected chi connectivity index (χ1v) is 7.42. The zero-order chi connectivity index (χ0) is 13.7. The minimum absolute atomic E-state index is 0. The summed E-state index contributed by atoms with van der Waals surface area (Å²) in [6, 6.07) is 6.33. The molecule has 1 saturated heterocycles. The molecule has 122 valence electrons. The van der Waals surface area contributed by atoms with Crippen molar-refractivity contribution < 1.29 is 4.74 Å². The third-order valence-corrected chi connectivity index (χ3v) is 3.94. The molecular formula is C15H25Cl3N2O. The number of ether oxygens (including phenoxy) is 1. The van der Waals surface area contributed by atoms with Gasteiger partial charge in [0.15, 0.2) is 0 Å². The van der Waals surface area contributed by atoms with Crippen LogP contribution in [0.25, 0.3) is 0 Å². The van der Waals surface area contributed by atoms with Gasteiger partial charge in [-0.1, -0.05) is 24.9 Å². The Labute approximate surface area is 145 Å². The zero-order valence-electron chi connectivity index (χ0n) is 12.6. The smallest absolute Gasteiger partial charge is 0.123 e. The van der Waals surface area contributed by atoms with E-state index in [1.807, 2.05) is 12.1 Å². The van der Waals surface area contributed by atoms with Gasteiger partial charge in [-0.05, 0) is 24.6 Å². The zero-order valence-corrected chi connectivity index (χ0v) is 15.0. The molecule has 1 aromatic rings. The summed E-state index contributed by atoms with van der Waals surface area (Å²) in [5, 5.41) is 4.19. The van der Waals surface area contributed by atoms with Crippen molar-refractivity contribution >= 4 is 36.4 Å². The number of nitrogens with one attached hydrogen (secondary N) is 1. The van der Waals surface area contributed by atoms with Crippen LogP contribution in [0.2, 0.25) is 5.02 Å². The van der Waals surface area contributed by atoms with Crippen LogP contribution in [0.3, 0.4) is 0 Å². The predicted octanol–water partition coefficient (Wildman–Crippen LogP) is 3.94. The molecule has 1 atom stereocenters. The topological polar surface area (TPSA) is 24.5 Å². The summed E-state index contributed by atoms with van der Waals surface area (Å²) in [6.45, 7) is 6.51. The largest absolute Gasteiger partial charge is 0.496 e. The van der Waals surface area contributed by atoms with E-state index in [1.54, 1.807) is 7.11 Å². The highest BCUT2D eigenvalue weighted by molar-refractivity contribution is 6.30. The molecule has 3 nitrogen and oxygen atoms in total. The molecule has 1 heterocycles. The van der Waals surface area contributed by atoms with Crippen molar-refractivity contribution in [1.82, 2.24) is 10.2 Å². The average Bonchev–Trinajstić information content (AvgIpc) is 2.45. The van der Waals surface area contributed by atoms with Gasteiger partial charge in [0, 0.05) is 42.8 Å². The highest BCUT2D eigenvalue weighted by Gasteiger charge is 2.24. The number of rotatable bonds is 5. The molecule has 1 aromatic carbocycles. The fourth-order valence-corrected chi connectivity index (χ4v) is 2.95. The molecule has 6 heteroatoms. The number of methoxy groups -OCH3 is 1. The van der Waals surface area contributed by atoms with Gasteiger partial charge in [0.1, 0.15) is 5.75 Å². The maximum Gasteiger partial charge on any atom is 0.123 e. The Hall–Kier alpha value is -0.190. The average molecular weight is 356 g/mol. The molecule has 1 N–H and O–H groups in total. The molecule has 0 spiro atoms. The van der Waals surface area contributed by atoms with Crippen LogP contribution < -0.4 is 10.1 Å². The second-order valence-electron chi connectivity index (χ2n) is 4.98. The molecule has 0 unspecified atom stereocenters. The molecule has 2 rings (SSSR count). The predicted molar refractivity (Wildman–Crippen MR) is 94.6 cm³/mol. The minimum atomic E-state index is 0. The number of hydrogen-bond donors (Lipinski definition) is 1. The van der Waals surface area contributed by atoms with E-state index in [-0.39, 0.29) is 24.8 Å². The lowest BCUT2D eigenvalue weighted by Crippen LogP contribution is -2.45. The summed E-state index contributed by atoms with van der Waals surface area (Å²) in [4.78, 5) is 2.54. The second kappa shape index (κ2) is 10.5. The molecule has 0 aliphatic carbocycles. The standard InChI is InChI=1S/C15H23ClN2O.2ClH/c1-3-4-14(18-9-7-17-8-10-18)13-11-12(16)5-6-15(13)19-2;;/h5-6,11,14,17H,3-4,7-10H2,1-2H3;2*1H/t14-;;/m1../s1. The molecule has 0 radical (unpaired) electrons. The molecule has 21 heavy (non-hydrogen) atoms. The van der Waals surface area contributed by atoms with E-state index in [9.17, 15) is 0 Å². The number of hydrogen-bond acceptors (Lipinski definition) is 3. The maximum atomic E-state index is 6.17. The third-order valence-electron chi connectivity index (χ3n) is 3.71. The van der Waals surface area contributed by atoms with Gasteiger partial charge >= 0.3 is 0 Å². The molecule has 0 amide bonds. The fraction of sp³-hybridized carbons (Fsp3) is 0.600. The van der Waals surface area contributed by atoms with Gasteiger partial charge in [-0.25, -0.2) is 0 Å². The molecule has 0 aromatic heterocycles. The third kappa shape index (κ3) is 5.50. The number of benzene rings is 1. The Bertz CT molecular complexity index is 412. The van der Waals surface area contributed by atoms with Crippen LogP contribution in [0, 0.1) is 0 Å². The summed E-state index contributed by atoms with van der Waals surface area (Å²) < 4.78 is 5.52. The van der Waals surface area contributed by atoms with Gasteiger partial charge in [-0.2, -0.15) is 0 Å². The number of piperazine rings is 1. The van der Waals surface area contributed by atoms with E-state index in [2.05, 4.69) is 23.2 Å². The molecule has 1 aliphatic heterocycles. The van der Waals surface area contributed by atoms with Crippen LogP contribution in [0.4, 0.5) is 0 Å². The Morgan fingerprint density at radius 2 is 1.95 bits per heavy atom. The SMILES string of the molecule is CCC[C@H](c1cc(Cl)ccc1OC)N1CCNCC1.Cl.Cl. The van der Waals surface area contributed by atoms with Gasteiger partial charge in [0.2, 0.25) is 0 Å². The van der Waals surface area contributed by atoms with Gasteiger partial charge in [-0.3, -0.25) is 4.90 Å². The molecule has 0 saturated carbocycles. The van der Waals surface area contributed by atoms with Gasteiger partial charge < -0.3 is 10.1 Å². The highest BCUT2D eigenvalue weighted by atomic mass is 35.5. The lowest BCUT2D eigenvalue weighted by Gasteiger charge is -2.35. The summed E-state index contributed by atoms with van der Waals surface area (Å²) >= 11 is 6.17. The van der Waals surface area contributed by atoms with Crippen molar-refractivity contribution in [3.05, 3.63) is 28.8 Å². The van der Waals surface area contributed by atoms with Crippen LogP contribution in [0.1, 0.15) is 31.4 Å². The van der Waals surface area contributed by atoms with E-state index in [0.717, 1.165) is 49.8 Å². The summed E-state index contributed by atoms with van der Waals surface area (Å²) in [5.41, 5.74) is 1.22. The van der Waals surface area contributed by atoms with E-state index in [0.29, 0.717) is 6.04 Å². The number of halogens is 3. The van der Waals surface area contributed by atoms with Crippen LogP contribution in [0.5, 0.6) is 5.75 Å². The summed E-state index contributed by atoms with van der Waals surface area (Å²) in [5.74, 6) is 0.946. The first-order valence-electron chi connectivity index (χ1n) is 7.04. The van der Waals surface area contributed by atoms with Crippen LogP contribution in [-0.2, 0) is 0 Å². The van der Waals surface area contributed by atoms with Crippen LogP contribution in [-0.4, -0.2) is 38.2 Å². The van der Waals surface area contributed by atoms with Crippen molar-refractivity contribution in [1.29, 1.82) is 0 Å². The van der Waals surface area contributed by atoms with E-state index in [1.165, 1.54) is 5.56 Å². The van der Waals surface area contributed by atoms with Crippen molar-refractivity contribution in [2.75, 3.05) is 33.3 Å². The van der Waals surface area contributed by atoms with Crippen molar-refractivity contribution in [3.8, 4) is 5.75 Å². The van der Waals surface area contributed by atoms with Crippen LogP contribution >= 0.6 is 36.4 Å².